The summed E-state index contributed by atoms with van der Waals surface area (Å²) >= 11 is 0. The lowest BCUT2D eigenvalue weighted by Crippen LogP contribution is -2.32. The Morgan fingerprint density at radius 1 is 1.38 bits per heavy atom. The molecule has 0 aliphatic heterocycles. The molecule has 0 aliphatic carbocycles. The van der Waals surface area contributed by atoms with Crippen molar-refractivity contribution in [2.24, 2.45) is 11.5 Å². The standard InChI is InChI=1S/C11H15N3O2/c1-7(12)10(15)8-4-3-5-9(6-8)14(2)11(13)16/h3-7H,12H2,1-2H3,(H2,13,16). The predicted molar refractivity (Wildman–Crippen MR) is 62.4 cm³/mol. The number of carbonyl (C=O) groups is 2. The lowest BCUT2D eigenvalue weighted by atomic mass is 10.1. The SMILES string of the molecule is CC(N)C(=O)c1cccc(N(C)C(N)=O)c1. The molecule has 1 aromatic carbocycles. The van der Waals surface area contributed by atoms with Crippen LogP contribution in [0.2, 0.25) is 0 Å². The van der Waals surface area contributed by atoms with Crippen molar-refractivity contribution in [2.45, 2.75) is 13.0 Å². The zero-order chi connectivity index (χ0) is 12.3. The number of urea groups is 1. The van der Waals surface area contributed by atoms with Crippen molar-refractivity contribution in [1.29, 1.82) is 0 Å². The number of primary amides is 1. The zero-order valence-corrected chi connectivity index (χ0v) is 9.31. The van der Waals surface area contributed by atoms with Gasteiger partial charge >= 0.3 is 6.03 Å². The Balaban J connectivity index is 3.04. The summed E-state index contributed by atoms with van der Waals surface area (Å²) in [4.78, 5) is 23.8. The average molecular weight is 221 g/mol. The van der Waals surface area contributed by atoms with Gasteiger partial charge in [-0.05, 0) is 19.1 Å². The number of hydrogen-bond acceptors (Lipinski definition) is 3. The Morgan fingerprint density at radius 3 is 2.50 bits per heavy atom. The summed E-state index contributed by atoms with van der Waals surface area (Å²) in [5, 5.41) is 0. The number of anilines is 1. The summed E-state index contributed by atoms with van der Waals surface area (Å²) in [5.41, 5.74) is 11.7. The largest absolute Gasteiger partial charge is 0.351 e. The Morgan fingerprint density at radius 2 is 2.00 bits per heavy atom. The van der Waals surface area contributed by atoms with E-state index in [4.69, 9.17) is 11.5 Å². The minimum atomic E-state index is -0.578. The van der Waals surface area contributed by atoms with Crippen molar-refractivity contribution in [2.75, 3.05) is 11.9 Å². The normalized spacial score (nSPS) is 11.9. The van der Waals surface area contributed by atoms with Crippen LogP contribution in [0.15, 0.2) is 24.3 Å². The third kappa shape index (κ3) is 2.58. The highest BCUT2D eigenvalue weighted by atomic mass is 16.2. The van der Waals surface area contributed by atoms with Gasteiger partial charge in [-0.25, -0.2) is 4.79 Å². The summed E-state index contributed by atoms with van der Waals surface area (Å²) in [6, 6.07) is 5.49. The van der Waals surface area contributed by atoms with E-state index in [-0.39, 0.29) is 5.78 Å². The first-order valence-corrected chi connectivity index (χ1v) is 4.86. The topological polar surface area (TPSA) is 89.4 Å². The second-order valence-corrected chi connectivity index (χ2v) is 3.60. The second kappa shape index (κ2) is 4.76. The van der Waals surface area contributed by atoms with Gasteiger partial charge in [-0.1, -0.05) is 12.1 Å². The fourth-order valence-electron chi connectivity index (χ4n) is 1.26. The monoisotopic (exact) mass is 221 g/mol. The quantitative estimate of drug-likeness (QED) is 0.737. The first-order chi connectivity index (χ1) is 7.43. The van der Waals surface area contributed by atoms with Gasteiger partial charge in [0.25, 0.3) is 0 Å². The van der Waals surface area contributed by atoms with Crippen LogP contribution in [0.25, 0.3) is 0 Å². The maximum Gasteiger partial charge on any atom is 0.318 e. The van der Waals surface area contributed by atoms with E-state index in [1.807, 2.05) is 0 Å². The second-order valence-electron chi connectivity index (χ2n) is 3.60. The maximum atomic E-state index is 11.6. The van der Waals surface area contributed by atoms with Crippen LogP contribution in [-0.4, -0.2) is 24.9 Å². The molecule has 1 unspecified atom stereocenters. The number of Topliss-reactive ketones (excluding diaryl/α,β-unsaturated/α-hetero) is 1. The number of rotatable bonds is 3. The van der Waals surface area contributed by atoms with E-state index in [1.54, 1.807) is 31.2 Å². The van der Waals surface area contributed by atoms with Crippen molar-refractivity contribution in [3.05, 3.63) is 29.8 Å². The molecule has 0 fully saturated rings. The van der Waals surface area contributed by atoms with Crippen LogP contribution in [0.3, 0.4) is 0 Å². The summed E-state index contributed by atoms with van der Waals surface area (Å²) < 4.78 is 0. The molecule has 16 heavy (non-hydrogen) atoms. The fourth-order valence-corrected chi connectivity index (χ4v) is 1.26. The molecule has 0 bridgehead atoms. The Hall–Kier alpha value is -1.88. The molecule has 0 heterocycles. The molecule has 1 rings (SSSR count). The van der Waals surface area contributed by atoms with E-state index in [0.29, 0.717) is 11.3 Å². The lowest BCUT2D eigenvalue weighted by Gasteiger charge is -2.15. The number of ketones is 1. The smallest absolute Gasteiger partial charge is 0.318 e. The number of nitrogens with zero attached hydrogens (tertiary/aromatic N) is 1. The van der Waals surface area contributed by atoms with Crippen LogP contribution in [0.1, 0.15) is 17.3 Å². The van der Waals surface area contributed by atoms with Gasteiger partial charge in [0.2, 0.25) is 0 Å². The lowest BCUT2D eigenvalue weighted by molar-refractivity contribution is 0.0968. The van der Waals surface area contributed by atoms with Crippen LogP contribution < -0.4 is 16.4 Å². The molecule has 4 N–H and O–H groups in total. The molecular formula is C11H15N3O2. The van der Waals surface area contributed by atoms with Crippen molar-refractivity contribution in [3.8, 4) is 0 Å². The Labute approximate surface area is 94.0 Å². The molecule has 5 nitrogen and oxygen atoms in total. The van der Waals surface area contributed by atoms with E-state index in [9.17, 15) is 9.59 Å². The first-order valence-electron chi connectivity index (χ1n) is 4.86. The molecule has 0 spiro atoms. The van der Waals surface area contributed by atoms with E-state index < -0.39 is 12.1 Å². The van der Waals surface area contributed by atoms with Gasteiger partial charge in [-0.2, -0.15) is 0 Å². The van der Waals surface area contributed by atoms with Crippen molar-refractivity contribution < 1.29 is 9.59 Å². The molecule has 0 aliphatic rings. The van der Waals surface area contributed by atoms with Crippen LogP contribution >= 0.6 is 0 Å². The van der Waals surface area contributed by atoms with E-state index in [0.717, 1.165) is 0 Å². The number of benzene rings is 1. The van der Waals surface area contributed by atoms with Gasteiger partial charge in [-0.3, -0.25) is 9.69 Å². The van der Waals surface area contributed by atoms with Gasteiger partial charge in [0, 0.05) is 18.3 Å². The Kier molecular flexibility index (Phi) is 3.63. The van der Waals surface area contributed by atoms with Crippen LogP contribution in [-0.2, 0) is 0 Å². The maximum absolute atomic E-state index is 11.6. The van der Waals surface area contributed by atoms with E-state index in [1.165, 1.54) is 11.9 Å². The fraction of sp³-hybridized carbons (Fsp3) is 0.273. The highest BCUT2D eigenvalue weighted by Crippen LogP contribution is 2.15. The van der Waals surface area contributed by atoms with Crippen molar-refractivity contribution in [1.82, 2.24) is 0 Å². The van der Waals surface area contributed by atoms with Crippen LogP contribution in [0.4, 0.5) is 10.5 Å². The molecule has 1 atom stereocenters. The molecule has 1 aromatic rings. The first kappa shape index (κ1) is 12.2. The molecule has 0 saturated carbocycles. The number of amides is 2. The molecule has 0 radical (unpaired) electrons. The van der Waals surface area contributed by atoms with E-state index in [2.05, 4.69) is 0 Å². The van der Waals surface area contributed by atoms with Gasteiger partial charge in [-0.15, -0.1) is 0 Å². The summed E-state index contributed by atoms with van der Waals surface area (Å²) in [6.07, 6.45) is 0. The molecule has 0 saturated heterocycles. The third-order valence-corrected chi connectivity index (χ3v) is 2.26. The van der Waals surface area contributed by atoms with Crippen LogP contribution in [0.5, 0.6) is 0 Å². The number of nitrogens with two attached hydrogens (primary N) is 2. The van der Waals surface area contributed by atoms with Gasteiger partial charge < -0.3 is 11.5 Å². The molecule has 5 heteroatoms. The van der Waals surface area contributed by atoms with Gasteiger partial charge in [0.05, 0.1) is 6.04 Å². The molecule has 2 amide bonds. The summed E-state index contributed by atoms with van der Waals surface area (Å²) in [7, 11) is 1.54. The summed E-state index contributed by atoms with van der Waals surface area (Å²) in [6.45, 7) is 1.62. The van der Waals surface area contributed by atoms with Crippen molar-refractivity contribution in [3.63, 3.8) is 0 Å². The number of carbonyl (C=O) groups excluding carboxylic acids is 2. The van der Waals surface area contributed by atoms with Crippen LogP contribution in [0, 0.1) is 0 Å². The number of hydrogen-bond donors (Lipinski definition) is 2. The third-order valence-electron chi connectivity index (χ3n) is 2.26. The molecule has 86 valence electrons. The molecule has 0 aromatic heterocycles. The minimum absolute atomic E-state index is 0.167. The van der Waals surface area contributed by atoms with Gasteiger partial charge in [0.1, 0.15) is 0 Å². The van der Waals surface area contributed by atoms with E-state index >= 15 is 0 Å². The molecular weight excluding hydrogens is 206 g/mol. The predicted octanol–water partition coefficient (Wildman–Crippen LogP) is 0.731. The highest BCUT2D eigenvalue weighted by molar-refractivity contribution is 6.01. The average Bonchev–Trinajstić information content (AvgIpc) is 2.26. The highest BCUT2D eigenvalue weighted by Gasteiger charge is 2.13. The minimum Gasteiger partial charge on any atom is -0.351 e. The van der Waals surface area contributed by atoms with Gasteiger partial charge in [0.15, 0.2) is 5.78 Å². The Bertz CT molecular complexity index is 415. The summed E-state index contributed by atoms with van der Waals surface area (Å²) in [5.74, 6) is -0.167. The zero-order valence-electron chi connectivity index (χ0n) is 9.31. The van der Waals surface area contributed by atoms with Crippen molar-refractivity contribution >= 4 is 17.5 Å².